The number of amides is 3. The van der Waals surface area contributed by atoms with E-state index in [1.54, 1.807) is 25.7 Å². The Balaban J connectivity index is 3.73. The van der Waals surface area contributed by atoms with E-state index >= 15 is 0 Å². The highest BCUT2D eigenvalue weighted by Crippen LogP contribution is 2.31. The van der Waals surface area contributed by atoms with Crippen LogP contribution in [0.1, 0.15) is 112 Å². The molecule has 3 atom stereocenters. The molecule has 0 fully saturated rings. The van der Waals surface area contributed by atoms with E-state index < -0.39 is 29.3 Å². The van der Waals surface area contributed by atoms with E-state index in [1.807, 2.05) is 73.6 Å². The zero-order valence-electron chi connectivity index (χ0n) is 26.1. The first-order valence-electron chi connectivity index (χ1n) is 13.9. The molecule has 3 unspecified atom stereocenters. The van der Waals surface area contributed by atoms with E-state index in [-0.39, 0.29) is 23.8 Å². The van der Waals surface area contributed by atoms with Gasteiger partial charge in [-0.2, -0.15) is 0 Å². The van der Waals surface area contributed by atoms with Crippen LogP contribution in [-0.4, -0.2) is 46.0 Å². The van der Waals surface area contributed by atoms with Crippen LogP contribution in [0.2, 0.25) is 0 Å². The molecule has 2 N–H and O–H groups in total. The molecule has 0 aliphatic rings. The summed E-state index contributed by atoms with van der Waals surface area (Å²) in [5.41, 5.74) is 1.61. The fraction of sp³-hybridized carbons (Fsp3) is 0.710. The molecule has 216 valence electrons. The predicted molar refractivity (Wildman–Crippen MR) is 155 cm³/mol. The van der Waals surface area contributed by atoms with Gasteiger partial charge in [-0.3, -0.25) is 9.59 Å². The molecule has 0 aliphatic heterocycles. The van der Waals surface area contributed by atoms with E-state index in [4.69, 9.17) is 4.74 Å². The van der Waals surface area contributed by atoms with Crippen LogP contribution in [0.15, 0.2) is 18.2 Å². The normalized spacial score (nSPS) is 14.6. The van der Waals surface area contributed by atoms with Gasteiger partial charge >= 0.3 is 6.09 Å². The van der Waals surface area contributed by atoms with Gasteiger partial charge in [0.25, 0.3) is 0 Å². The van der Waals surface area contributed by atoms with Crippen LogP contribution < -0.4 is 10.6 Å². The second-order valence-electron chi connectivity index (χ2n) is 13.4. The molecule has 0 radical (unpaired) electrons. The van der Waals surface area contributed by atoms with Crippen molar-refractivity contribution in [3.8, 4) is 0 Å². The SMILES string of the molecule is Cc1cccc(C(C(=O)NC(C)(C)C)N(C(=O)C(NC(=O)OC(C)(C)C)C(C)C)C(C)CCC(C)C)c1C. The van der Waals surface area contributed by atoms with Crippen LogP contribution in [0.25, 0.3) is 0 Å². The Hall–Kier alpha value is -2.57. The Morgan fingerprint density at radius 3 is 1.97 bits per heavy atom. The van der Waals surface area contributed by atoms with Gasteiger partial charge in [-0.25, -0.2) is 4.79 Å². The van der Waals surface area contributed by atoms with E-state index in [0.29, 0.717) is 5.92 Å². The van der Waals surface area contributed by atoms with Gasteiger partial charge in [-0.15, -0.1) is 0 Å². The number of rotatable bonds is 10. The smallest absolute Gasteiger partial charge is 0.408 e. The minimum atomic E-state index is -0.860. The molecule has 38 heavy (non-hydrogen) atoms. The summed E-state index contributed by atoms with van der Waals surface area (Å²) in [5, 5.41) is 5.92. The van der Waals surface area contributed by atoms with Crippen molar-refractivity contribution in [3.05, 3.63) is 34.9 Å². The first-order chi connectivity index (χ1) is 17.2. The summed E-state index contributed by atoms with van der Waals surface area (Å²) in [6.07, 6.45) is 0.976. The summed E-state index contributed by atoms with van der Waals surface area (Å²) in [6, 6.07) is 3.90. The molecule has 0 aromatic heterocycles. The first kappa shape index (κ1) is 33.5. The maximum absolute atomic E-state index is 14.4. The van der Waals surface area contributed by atoms with Crippen molar-refractivity contribution in [1.82, 2.24) is 15.5 Å². The molecule has 0 spiro atoms. The molecule has 3 amide bonds. The number of hydrogen-bond acceptors (Lipinski definition) is 4. The van der Waals surface area contributed by atoms with Crippen LogP contribution in [-0.2, 0) is 14.3 Å². The lowest BCUT2D eigenvalue weighted by molar-refractivity contribution is -0.146. The first-order valence-corrected chi connectivity index (χ1v) is 13.9. The molecular weight excluding hydrogens is 478 g/mol. The maximum Gasteiger partial charge on any atom is 0.408 e. The highest BCUT2D eigenvalue weighted by atomic mass is 16.6. The van der Waals surface area contributed by atoms with Crippen LogP contribution in [0.3, 0.4) is 0 Å². The zero-order valence-corrected chi connectivity index (χ0v) is 26.1. The zero-order chi connectivity index (χ0) is 29.6. The second-order valence-corrected chi connectivity index (χ2v) is 13.4. The average Bonchev–Trinajstić information content (AvgIpc) is 2.73. The molecule has 1 aromatic carbocycles. The molecule has 7 nitrogen and oxygen atoms in total. The molecule has 7 heteroatoms. The summed E-state index contributed by atoms with van der Waals surface area (Å²) in [6.45, 7) is 25.2. The number of nitrogens with zero attached hydrogens (tertiary/aromatic N) is 1. The van der Waals surface area contributed by atoms with Crippen LogP contribution in [0, 0.1) is 25.7 Å². The van der Waals surface area contributed by atoms with Gasteiger partial charge in [0.2, 0.25) is 11.8 Å². The standard InChI is InChI=1S/C31H53N3O4/c1-19(2)17-18-22(6)34(28(36)25(20(3)4)32-29(37)38-31(11,12)13)26(27(35)33-30(8,9)10)24-16-14-15-21(5)23(24)7/h14-16,19-20,22,25-26H,17-18H2,1-13H3,(H,32,37)(H,33,35). The van der Waals surface area contributed by atoms with Crippen LogP contribution >= 0.6 is 0 Å². The van der Waals surface area contributed by atoms with Gasteiger partial charge in [-0.05, 0) is 104 Å². The molecule has 0 aliphatic carbocycles. The lowest BCUT2D eigenvalue weighted by atomic mass is 9.91. The molecule has 0 saturated carbocycles. The molecule has 0 saturated heterocycles. The number of benzene rings is 1. The van der Waals surface area contributed by atoms with Gasteiger partial charge < -0.3 is 20.3 Å². The fourth-order valence-corrected chi connectivity index (χ4v) is 4.35. The third kappa shape index (κ3) is 10.3. The fourth-order valence-electron chi connectivity index (χ4n) is 4.35. The van der Waals surface area contributed by atoms with Crippen molar-refractivity contribution in [3.63, 3.8) is 0 Å². The lowest BCUT2D eigenvalue weighted by Gasteiger charge is -2.41. The predicted octanol–water partition coefficient (Wildman–Crippen LogP) is 6.46. The summed E-state index contributed by atoms with van der Waals surface area (Å²) >= 11 is 0. The van der Waals surface area contributed by atoms with E-state index in [9.17, 15) is 14.4 Å². The highest BCUT2D eigenvalue weighted by Gasteiger charge is 2.41. The maximum atomic E-state index is 14.4. The Morgan fingerprint density at radius 1 is 0.921 bits per heavy atom. The van der Waals surface area contributed by atoms with Crippen molar-refractivity contribution < 1.29 is 19.1 Å². The van der Waals surface area contributed by atoms with Crippen molar-refractivity contribution >= 4 is 17.9 Å². The summed E-state index contributed by atoms with van der Waals surface area (Å²) in [5.74, 6) is -0.315. The molecular formula is C31H53N3O4. The summed E-state index contributed by atoms with van der Waals surface area (Å²) in [4.78, 5) is 42.9. The summed E-state index contributed by atoms with van der Waals surface area (Å²) in [7, 11) is 0. The van der Waals surface area contributed by atoms with Gasteiger partial charge in [0.1, 0.15) is 17.7 Å². The number of hydrogen-bond donors (Lipinski definition) is 2. The topological polar surface area (TPSA) is 87.7 Å². The highest BCUT2D eigenvalue weighted by molar-refractivity contribution is 5.93. The van der Waals surface area contributed by atoms with Crippen molar-refractivity contribution in [2.24, 2.45) is 11.8 Å². The third-order valence-electron chi connectivity index (χ3n) is 6.46. The van der Waals surface area contributed by atoms with Crippen molar-refractivity contribution in [1.29, 1.82) is 0 Å². The number of aryl methyl sites for hydroxylation is 1. The number of ether oxygens (including phenoxy) is 1. The van der Waals surface area contributed by atoms with Gasteiger partial charge in [-0.1, -0.05) is 45.9 Å². The summed E-state index contributed by atoms with van der Waals surface area (Å²) < 4.78 is 5.48. The Bertz CT molecular complexity index is 957. The number of alkyl carbamates (subject to hydrolysis) is 1. The Labute approximate surface area is 231 Å². The van der Waals surface area contributed by atoms with Gasteiger partial charge in [0, 0.05) is 11.6 Å². The number of carbonyl (C=O) groups excluding carboxylic acids is 3. The van der Waals surface area contributed by atoms with Crippen molar-refractivity contribution in [2.45, 2.75) is 132 Å². The van der Waals surface area contributed by atoms with Crippen LogP contribution in [0.5, 0.6) is 0 Å². The Kier molecular flexibility index (Phi) is 11.9. The largest absolute Gasteiger partial charge is 0.444 e. The minimum absolute atomic E-state index is 0.222. The van der Waals surface area contributed by atoms with Gasteiger partial charge in [0.05, 0.1) is 0 Å². The second kappa shape index (κ2) is 13.5. The minimum Gasteiger partial charge on any atom is -0.444 e. The molecule has 0 heterocycles. The Morgan fingerprint density at radius 2 is 1.50 bits per heavy atom. The van der Waals surface area contributed by atoms with Crippen LogP contribution in [0.4, 0.5) is 4.79 Å². The number of nitrogens with one attached hydrogen (secondary N) is 2. The van der Waals surface area contributed by atoms with E-state index in [2.05, 4.69) is 24.5 Å². The molecule has 1 rings (SSSR count). The van der Waals surface area contributed by atoms with E-state index in [0.717, 1.165) is 29.5 Å². The quantitative estimate of drug-likeness (QED) is 0.363. The van der Waals surface area contributed by atoms with Gasteiger partial charge in [0.15, 0.2) is 0 Å². The molecule has 1 aromatic rings. The monoisotopic (exact) mass is 531 g/mol. The van der Waals surface area contributed by atoms with E-state index in [1.165, 1.54) is 0 Å². The number of carbonyl (C=O) groups is 3. The van der Waals surface area contributed by atoms with Crippen molar-refractivity contribution in [2.75, 3.05) is 0 Å². The lowest BCUT2D eigenvalue weighted by Crippen LogP contribution is -2.58. The molecule has 0 bridgehead atoms. The third-order valence-corrected chi connectivity index (χ3v) is 6.46. The average molecular weight is 532 g/mol.